The third-order valence-electron chi connectivity index (χ3n) is 12.7. The van der Waals surface area contributed by atoms with Crippen molar-refractivity contribution in [3.05, 3.63) is 36.5 Å². The second-order valence-corrected chi connectivity index (χ2v) is 18.9. The molecule has 0 radical (unpaired) electrons. The molecule has 0 heterocycles. The van der Waals surface area contributed by atoms with E-state index >= 15 is 0 Å². The molecule has 63 heavy (non-hydrogen) atoms. The van der Waals surface area contributed by atoms with Crippen LogP contribution in [0.15, 0.2) is 36.5 Å². The normalized spacial score (nSPS) is 12.9. The molecule has 0 aromatic carbocycles. The van der Waals surface area contributed by atoms with Gasteiger partial charge in [-0.05, 0) is 64.2 Å². The molecule has 0 saturated heterocycles. The standard InChI is InChI=1S/C57H107NO5/c1-3-5-7-9-11-13-15-17-19-20-21-22-24-26-31-35-39-43-47-51-57(62)63-52-48-44-40-36-32-28-27-30-34-38-42-46-50-56(61)58-54(53-59)55(60)49-45-41-37-33-29-25-23-18-16-14-12-10-8-6-4-2/h11,13,17,19,45,49,54-55,59-60H,3-10,12,14-16,18,20-44,46-48,50-53H2,1-2H3,(H,58,61)/b13-11-,19-17-,49-45+. The molecular weight excluding hydrogens is 779 g/mol. The van der Waals surface area contributed by atoms with E-state index in [0.717, 1.165) is 64.2 Å². The maximum Gasteiger partial charge on any atom is 0.305 e. The molecule has 2 atom stereocenters. The molecule has 0 spiro atoms. The van der Waals surface area contributed by atoms with Gasteiger partial charge in [0.1, 0.15) is 0 Å². The van der Waals surface area contributed by atoms with Crippen molar-refractivity contribution >= 4 is 11.9 Å². The highest BCUT2D eigenvalue weighted by molar-refractivity contribution is 5.76. The van der Waals surface area contributed by atoms with Gasteiger partial charge in [0.15, 0.2) is 0 Å². The van der Waals surface area contributed by atoms with Crippen LogP contribution in [0.1, 0.15) is 290 Å². The second-order valence-electron chi connectivity index (χ2n) is 18.9. The molecule has 0 aromatic rings. The lowest BCUT2D eigenvalue weighted by molar-refractivity contribution is -0.143. The molecule has 0 aliphatic rings. The fourth-order valence-electron chi connectivity index (χ4n) is 8.37. The first-order valence-corrected chi connectivity index (χ1v) is 27.8. The van der Waals surface area contributed by atoms with Crippen molar-refractivity contribution in [1.82, 2.24) is 5.32 Å². The number of ether oxygens (including phenoxy) is 1. The first-order valence-electron chi connectivity index (χ1n) is 27.8. The Morgan fingerprint density at radius 1 is 0.444 bits per heavy atom. The average molecular weight is 886 g/mol. The molecule has 2 unspecified atom stereocenters. The van der Waals surface area contributed by atoms with Crippen molar-refractivity contribution in [1.29, 1.82) is 0 Å². The fraction of sp³-hybridized carbons (Fsp3) is 0.860. The van der Waals surface area contributed by atoms with E-state index < -0.39 is 12.1 Å². The quantitative estimate of drug-likeness (QED) is 0.0321. The SMILES string of the molecule is CCCCC/C=C\C/C=C\CCCCCCCCCCCC(=O)OCCCCCCCCCCCCCCC(=O)NC(CO)C(O)/C=C/CCCCCCCCCCCCCCC. The predicted molar refractivity (Wildman–Crippen MR) is 273 cm³/mol. The summed E-state index contributed by atoms with van der Waals surface area (Å²) in [6.45, 7) is 4.85. The number of hydrogen-bond donors (Lipinski definition) is 3. The molecule has 0 aliphatic carbocycles. The van der Waals surface area contributed by atoms with Crippen LogP contribution < -0.4 is 5.32 Å². The lowest BCUT2D eigenvalue weighted by atomic mass is 10.0. The molecule has 1 amide bonds. The summed E-state index contributed by atoms with van der Waals surface area (Å²) >= 11 is 0. The smallest absolute Gasteiger partial charge is 0.305 e. The van der Waals surface area contributed by atoms with Crippen LogP contribution in [0.5, 0.6) is 0 Å². The summed E-state index contributed by atoms with van der Waals surface area (Å²) in [6.07, 6.45) is 64.3. The molecule has 6 nitrogen and oxygen atoms in total. The zero-order valence-corrected chi connectivity index (χ0v) is 42.1. The summed E-state index contributed by atoms with van der Waals surface area (Å²) in [5.74, 6) is -0.0982. The van der Waals surface area contributed by atoms with Gasteiger partial charge in [0.25, 0.3) is 0 Å². The summed E-state index contributed by atoms with van der Waals surface area (Å²) in [7, 11) is 0. The Hall–Kier alpha value is -1.92. The van der Waals surface area contributed by atoms with Gasteiger partial charge in [-0.1, -0.05) is 249 Å². The monoisotopic (exact) mass is 886 g/mol. The van der Waals surface area contributed by atoms with E-state index in [1.165, 1.54) is 199 Å². The van der Waals surface area contributed by atoms with Gasteiger partial charge in [-0.2, -0.15) is 0 Å². The van der Waals surface area contributed by atoms with E-state index in [1.807, 2.05) is 6.08 Å². The third kappa shape index (κ3) is 49.4. The van der Waals surface area contributed by atoms with Crippen molar-refractivity contribution in [3.8, 4) is 0 Å². The Kier molecular flexibility index (Phi) is 51.1. The van der Waals surface area contributed by atoms with Crippen LogP contribution in [-0.2, 0) is 14.3 Å². The predicted octanol–water partition coefficient (Wildman–Crippen LogP) is 16.9. The highest BCUT2D eigenvalue weighted by Crippen LogP contribution is 2.16. The van der Waals surface area contributed by atoms with Crippen molar-refractivity contribution in [2.75, 3.05) is 13.2 Å². The first-order chi connectivity index (χ1) is 31.0. The number of amides is 1. The molecule has 3 N–H and O–H groups in total. The lowest BCUT2D eigenvalue weighted by Crippen LogP contribution is -2.45. The highest BCUT2D eigenvalue weighted by Gasteiger charge is 2.18. The minimum absolute atomic E-state index is 0.0148. The Labute approximate surface area is 392 Å². The number of unbranched alkanes of at least 4 members (excludes halogenated alkanes) is 36. The Morgan fingerprint density at radius 3 is 1.24 bits per heavy atom. The van der Waals surface area contributed by atoms with Gasteiger partial charge in [-0.25, -0.2) is 0 Å². The maximum absolute atomic E-state index is 12.4. The molecule has 6 heteroatoms. The van der Waals surface area contributed by atoms with Crippen LogP contribution in [0.3, 0.4) is 0 Å². The van der Waals surface area contributed by atoms with Gasteiger partial charge in [0, 0.05) is 12.8 Å². The van der Waals surface area contributed by atoms with E-state index in [-0.39, 0.29) is 18.5 Å². The molecule has 0 fully saturated rings. The highest BCUT2D eigenvalue weighted by atomic mass is 16.5. The number of carbonyl (C=O) groups excluding carboxylic acids is 2. The van der Waals surface area contributed by atoms with Crippen LogP contribution in [0.25, 0.3) is 0 Å². The number of esters is 1. The summed E-state index contributed by atoms with van der Waals surface area (Å²) in [4.78, 5) is 24.5. The molecule has 0 saturated carbocycles. The number of hydrogen-bond acceptors (Lipinski definition) is 5. The number of nitrogens with one attached hydrogen (secondary N) is 1. The van der Waals surface area contributed by atoms with E-state index in [0.29, 0.717) is 19.4 Å². The van der Waals surface area contributed by atoms with Crippen molar-refractivity contribution in [3.63, 3.8) is 0 Å². The average Bonchev–Trinajstić information content (AvgIpc) is 3.28. The van der Waals surface area contributed by atoms with Gasteiger partial charge in [-0.3, -0.25) is 9.59 Å². The maximum atomic E-state index is 12.4. The molecule has 0 bridgehead atoms. The molecule has 370 valence electrons. The lowest BCUT2D eigenvalue weighted by Gasteiger charge is -2.20. The first kappa shape index (κ1) is 61.1. The number of carbonyl (C=O) groups is 2. The number of aliphatic hydroxyl groups excluding tert-OH is 2. The second kappa shape index (κ2) is 52.7. The minimum atomic E-state index is -0.855. The largest absolute Gasteiger partial charge is 0.466 e. The Morgan fingerprint density at radius 2 is 0.794 bits per heavy atom. The van der Waals surface area contributed by atoms with E-state index in [4.69, 9.17) is 4.74 Å². The van der Waals surface area contributed by atoms with E-state index in [9.17, 15) is 19.8 Å². The fourth-order valence-corrected chi connectivity index (χ4v) is 8.37. The number of aliphatic hydroxyl groups is 2. The van der Waals surface area contributed by atoms with Gasteiger partial charge in [0.05, 0.1) is 25.4 Å². The summed E-state index contributed by atoms with van der Waals surface area (Å²) < 4.78 is 5.48. The van der Waals surface area contributed by atoms with Gasteiger partial charge in [0.2, 0.25) is 5.91 Å². The minimum Gasteiger partial charge on any atom is -0.466 e. The summed E-state index contributed by atoms with van der Waals surface area (Å²) in [5, 5.41) is 23.1. The van der Waals surface area contributed by atoms with Crippen LogP contribution in [0.2, 0.25) is 0 Å². The number of rotatable bonds is 51. The van der Waals surface area contributed by atoms with Crippen LogP contribution in [-0.4, -0.2) is 47.4 Å². The van der Waals surface area contributed by atoms with Crippen LogP contribution >= 0.6 is 0 Å². The van der Waals surface area contributed by atoms with Crippen LogP contribution in [0, 0.1) is 0 Å². The van der Waals surface area contributed by atoms with E-state index in [1.54, 1.807) is 6.08 Å². The molecule has 0 aliphatic heterocycles. The Balaban J connectivity index is 3.48. The van der Waals surface area contributed by atoms with Crippen molar-refractivity contribution in [2.24, 2.45) is 0 Å². The summed E-state index contributed by atoms with van der Waals surface area (Å²) in [6, 6.07) is -0.640. The summed E-state index contributed by atoms with van der Waals surface area (Å²) in [5.41, 5.74) is 0. The van der Waals surface area contributed by atoms with Crippen molar-refractivity contribution in [2.45, 2.75) is 302 Å². The van der Waals surface area contributed by atoms with Gasteiger partial charge in [-0.15, -0.1) is 0 Å². The van der Waals surface area contributed by atoms with Crippen LogP contribution in [0.4, 0.5) is 0 Å². The van der Waals surface area contributed by atoms with E-state index in [2.05, 4.69) is 43.5 Å². The Bertz CT molecular complexity index is 1020. The topological polar surface area (TPSA) is 95.9 Å². The molecular formula is C57H107NO5. The zero-order valence-electron chi connectivity index (χ0n) is 42.1. The third-order valence-corrected chi connectivity index (χ3v) is 12.7. The molecule has 0 aromatic heterocycles. The van der Waals surface area contributed by atoms with Crippen molar-refractivity contribution < 1.29 is 24.5 Å². The van der Waals surface area contributed by atoms with Gasteiger partial charge < -0.3 is 20.3 Å². The van der Waals surface area contributed by atoms with Gasteiger partial charge >= 0.3 is 5.97 Å². The molecule has 0 rings (SSSR count). The number of allylic oxidation sites excluding steroid dienone is 5. The zero-order chi connectivity index (χ0) is 45.8.